The summed E-state index contributed by atoms with van der Waals surface area (Å²) in [4.78, 5) is 12.0. The molecule has 0 bridgehead atoms. The molecule has 0 aromatic heterocycles. The fourth-order valence-corrected chi connectivity index (χ4v) is 2.28. The summed E-state index contributed by atoms with van der Waals surface area (Å²) in [5.41, 5.74) is 2.08. The fraction of sp³-hybridized carbons (Fsp3) is 0.350. The highest BCUT2D eigenvalue weighted by molar-refractivity contribution is 5.99. The maximum atomic E-state index is 12.0. The van der Waals surface area contributed by atoms with Crippen molar-refractivity contribution in [3.05, 3.63) is 66.5 Å². The highest BCUT2D eigenvalue weighted by Gasteiger charge is 2.06. The van der Waals surface area contributed by atoms with E-state index in [1.54, 1.807) is 18.2 Å². The zero-order chi connectivity index (χ0) is 17.1. The molecule has 1 amide bonds. The highest BCUT2D eigenvalue weighted by Crippen LogP contribution is 2.17. The van der Waals surface area contributed by atoms with E-state index in [4.69, 9.17) is 4.74 Å². The minimum Gasteiger partial charge on any atom is -0.497 e. The summed E-state index contributed by atoms with van der Waals surface area (Å²) in [6, 6.07) is 8.03. The number of benzene rings is 1. The molecule has 124 valence electrons. The van der Waals surface area contributed by atoms with E-state index < -0.39 is 0 Å². The van der Waals surface area contributed by atoms with Gasteiger partial charge in [0.05, 0.1) is 7.11 Å². The first-order chi connectivity index (χ1) is 11.1. The third-order valence-corrected chi connectivity index (χ3v) is 3.81. The van der Waals surface area contributed by atoms with E-state index in [0.29, 0.717) is 5.76 Å². The normalized spacial score (nSPS) is 11.7. The Bertz CT molecular complexity index is 552. The van der Waals surface area contributed by atoms with Crippen LogP contribution in [0.4, 0.5) is 5.69 Å². The maximum Gasteiger partial charge on any atom is 0.252 e. The summed E-state index contributed by atoms with van der Waals surface area (Å²) in [6.45, 7) is 8.04. The van der Waals surface area contributed by atoms with E-state index in [1.165, 1.54) is 31.6 Å². The molecule has 1 N–H and O–H groups in total. The average Bonchev–Trinajstić information content (AvgIpc) is 2.57. The molecule has 0 aliphatic carbocycles. The predicted molar refractivity (Wildman–Crippen MR) is 97.3 cm³/mol. The standard InChI is InChI=1S/C20H27NO2/c1-5-8-9-19(23-4)15-20(22)21-18-12-10-17(11-13-18)14-16(6-2)7-3/h5,8-13,15-16H,1,6-7,14H2,2-4H3,(H,21,22)/b9-8-,19-15-. The molecule has 3 heteroatoms. The molecular weight excluding hydrogens is 286 g/mol. The minimum absolute atomic E-state index is 0.219. The number of amides is 1. The Morgan fingerprint density at radius 3 is 2.43 bits per heavy atom. The van der Waals surface area contributed by atoms with Gasteiger partial charge in [-0.05, 0) is 36.1 Å². The fourth-order valence-electron chi connectivity index (χ4n) is 2.28. The van der Waals surface area contributed by atoms with Crippen molar-refractivity contribution in [2.24, 2.45) is 5.92 Å². The molecule has 1 aromatic rings. The van der Waals surface area contributed by atoms with Gasteiger partial charge in [0.2, 0.25) is 0 Å². The molecule has 1 rings (SSSR count). The smallest absolute Gasteiger partial charge is 0.252 e. The first-order valence-corrected chi connectivity index (χ1v) is 8.07. The Morgan fingerprint density at radius 1 is 1.26 bits per heavy atom. The van der Waals surface area contributed by atoms with Gasteiger partial charge in [-0.15, -0.1) is 0 Å². The van der Waals surface area contributed by atoms with Crippen LogP contribution in [0.25, 0.3) is 0 Å². The Kier molecular flexibility index (Phi) is 8.51. The monoisotopic (exact) mass is 313 g/mol. The number of ether oxygens (including phenoxy) is 1. The second kappa shape index (κ2) is 10.4. The van der Waals surface area contributed by atoms with Crippen LogP contribution in [0.1, 0.15) is 32.3 Å². The molecule has 0 radical (unpaired) electrons. The number of hydrogen-bond acceptors (Lipinski definition) is 2. The quantitative estimate of drug-likeness (QED) is 0.401. The largest absolute Gasteiger partial charge is 0.497 e. The van der Waals surface area contributed by atoms with Crippen LogP contribution in [-0.2, 0) is 16.0 Å². The summed E-state index contributed by atoms with van der Waals surface area (Å²) in [6.07, 6.45) is 9.92. The molecule has 0 fully saturated rings. The predicted octanol–water partition coefficient (Wildman–Crippen LogP) is 4.88. The van der Waals surface area contributed by atoms with Crippen molar-refractivity contribution >= 4 is 11.6 Å². The lowest BCUT2D eigenvalue weighted by Crippen LogP contribution is -2.09. The number of carbonyl (C=O) groups is 1. The van der Waals surface area contributed by atoms with Gasteiger partial charge in [0.15, 0.2) is 0 Å². The van der Waals surface area contributed by atoms with Gasteiger partial charge in [0, 0.05) is 11.8 Å². The van der Waals surface area contributed by atoms with Crippen molar-refractivity contribution < 1.29 is 9.53 Å². The van der Waals surface area contributed by atoms with Crippen molar-refractivity contribution in [1.29, 1.82) is 0 Å². The van der Waals surface area contributed by atoms with Crippen LogP contribution >= 0.6 is 0 Å². The van der Waals surface area contributed by atoms with E-state index >= 15 is 0 Å². The van der Waals surface area contributed by atoms with Crippen LogP contribution in [-0.4, -0.2) is 13.0 Å². The van der Waals surface area contributed by atoms with Gasteiger partial charge < -0.3 is 10.1 Å². The molecule has 0 saturated heterocycles. The first kappa shape index (κ1) is 18.8. The molecule has 0 aliphatic heterocycles. The van der Waals surface area contributed by atoms with E-state index in [9.17, 15) is 4.79 Å². The topological polar surface area (TPSA) is 38.3 Å². The molecule has 0 saturated carbocycles. The number of methoxy groups -OCH3 is 1. The molecule has 0 unspecified atom stereocenters. The average molecular weight is 313 g/mol. The molecule has 0 heterocycles. The Labute approximate surface area is 139 Å². The van der Waals surface area contributed by atoms with Crippen LogP contribution in [0.5, 0.6) is 0 Å². The maximum absolute atomic E-state index is 12.0. The molecule has 3 nitrogen and oxygen atoms in total. The van der Waals surface area contributed by atoms with E-state index in [1.807, 2.05) is 12.1 Å². The van der Waals surface area contributed by atoms with Crippen molar-refractivity contribution in [2.75, 3.05) is 12.4 Å². The number of allylic oxidation sites excluding steroid dienone is 3. The summed E-state index contributed by atoms with van der Waals surface area (Å²) in [5, 5.41) is 2.84. The van der Waals surface area contributed by atoms with E-state index in [0.717, 1.165) is 18.0 Å². The van der Waals surface area contributed by atoms with Crippen LogP contribution in [0, 0.1) is 5.92 Å². The minimum atomic E-state index is -0.219. The van der Waals surface area contributed by atoms with Crippen LogP contribution in [0.3, 0.4) is 0 Å². The lowest BCUT2D eigenvalue weighted by molar-refractivity contribution is -0.112. The van der Waals surface area contributed by atoms with Crippen molar-refractivity contribution in [2.45, 2.75) is 33.1 Å². The molecular formula is C20H27NO2. The van der Waals surface area contributed by atoms with Crippen molar-refractivity contribution in [1.82, 2.24) is 0 Å². The van der Waals surface area contributed by atoms with Gasteiger partial charge >= 0.3 is 0 Å². The summed E-state index contributed by atoms with van der Waals surface area (Å²) < 4.78 is 5.11. The summed E-state index contributed by atoms with van der Waals surface area (Å²) >= 11 is 0. The van der Waals surface area contributed by atoms with Crippen molar-refractivity contribution in [3.8, 4) is 0 Å². The Hall–Kier alpha value is -2.29. The molecule has 1 aromatic carbocycles. The number of anilines is 1. The van der Waals surface area contributed by atoms with E-state index in [2.05, 4.69) is 37.9 Å². The zero-order valence-corrected chi connectivity index (χ0v) is 14.3. The SMILES string of the molecule is C=C/C=C\C(=C\C(=O)Nc1ccc(CC(CC)CC)cc1)OC. The molecule has 0 spiro atoms. The molecule has 23 heavy (non-hydrogen) atoms. The number of nitrogens with one attached hydrogen (secondary N) is 1. The van der Waals surface area contributed by atoms with Crippen LogP contribution in [0.15, 0.2) is 60.9 Å². The van der Waals surface area contributed by atoms with Gasteiger partial charge in [0.25, 0.3) is 5.91 Å². The number of hydrogen-bond donors (Lipinski definition) is 1. The second-order valence-corrected chi connectivity index (χ2v) is 5.42. The lowest BCUT2D eigenvalue weighted by Gasteiger charge is -2.12. The van der Waals surface area contributed by atoms with Gasteiger partial charge in [-0.25, -0.2) is 0 Å². The number of rotatable bonds is 9. The van der Waals surface area contributed by atoms with Gasteiger partial charge in [0.1, 0.15) is 5.76 Å². The zero-order valence-electron chi connectivity index (χ0n) is 14.3. The van der Waals surface area contributed by atoms with Crippen LogP contribution in [0.2, 0.25) is 0 Å². The van der Waals surface area contributed by atoms with Gasteiger partial charge in [-0.1, -0.05) is 57.6 Å². The van der Waals surface area contributed by atoms with E-state index in [-0.39, 0.29) is 5.91 Å². The lowest BCUT2D eigenvalue weighted by atomic mass is 9.94. The van der Waals surface area contributed by atoms with Crippen LogP contribution < -0.4 is 5.32 Å². The second-order valence-electron chi connectivity index (χ2n) is 5.42. The Morgan fingerprint density at radius 2 is 1.91 bits per heavy atom. The Balaban J connectivity index is 2.67. The molecule has 0 atom stereocenters. The first-order valence-electron chi connectivity index (χ1n) is 8.07. The van der Waals surface area contributed by atoms with Gasteiger partial charge in [-0.3, -0.25) is 4.79 Å². The van der Waals surface area contributed by atoms with Crippen molar-refractivity contribution in [3.63, 3.8) is 0 Å². The third-order valence-electron chi connectivity index (χ3n) is 3.81. The summed E-state index contributed by atoms with van der Waals surface area (Å²) in [5.74, 6) is 0.982. The molecule has 0 aliphatic rings. The third kappa shape index (κ3) is 7.00. The highest BCUT2D eigenvalue weighted by atomic mass is 16.5. The summed E-state index contributed by atoms with van der Waals surface area (Å²) in [7, 11) is 1.53. The van der Waals surface area contributed by atoms with Gasteiger partial charge in [-0.2, -0.15) is 0 Å². The number of carbonyl (C=O) groups excluding carboxylic acids is 1.